The Balaban J connectivity index is 1.47. The van der Waals surface area contributed by atoms with Crippen LogP contribution in [0.15, 0.2) is 22.8 Å². The van der Waals surface area contributed by atoms with Gasteiger partial charge in [-0.05, 0) is 31.4 Å². The average molecular weight is 332 g/mol. The normalized spacial score (nSPS) is 15.7. The number of amides is 1. The van der Waals surface area contributed by atoms with Gasteiger partial charge in [0, 0.05) is 11.3 Å². The highest BCUT2D eigenvalue weighted by Crippen LogP contribution is 2.29. The maximum absolute atomic E-state index is 12.1. The van der Waals surface area contributed by atoms with E-state index >= 15 is 0 Å². The van der Waals surface area contributed by atoms with Crippen molar-refractivity contribution in [1.82, 2.24) is 10.3 Å². The lowest BCUT2D eigenvalue weighted by Gasteiger charge is -2.20. The number of hydrogen-bond acceptors (Lipinski definition) is 4. The zero-order valence-electron chi connectivity index (χ0n) is 13.6. The van der Waals surface area contributed by atoms with E-state index in [-0.39, 0.29) is 5.91 Å². The van der Waals surface area contributed by atoms with Gasteiger partial charge in [0.2, 0.25) is 5.91 Å². The van der Waals surface area contributed by atoms with Crippen molar-refractivity contribution in [2.75, 3.05) is 0 Å². The van der Waals surface area contributed by atoms with Crippen molar-refractivity contribution in [2.24, 2.45) is 5.92 Å². The summed E-state index contributed by atoms with van der Waals surface area (Å²) >= 11 is 1.59. The number of furan rings is 1. The van der Waals surface area contributed by atoms with Gasteiger partial charge in [-0.15, -0.1) is 11.3 Å². The van der Waals surface area contributed by atoms with Crippen LogP contribution in [0.3, 0.4) is 0 Å². The van der Waals surface area contributed by atoms with Crippen LogP contribution in [0.2, 0.25) is 0 Å². The second-order valence-corrected chi connectivity index (χ2v) is 7.41. The summed E-state index contributed by atoms with van der Waals surface area (Å²) in [6.45, 7) is 2.54. The molecule has 0 spiro atoms. The fourth-order valence-corrected chi connectivity index (χ4v) is 4.15. The molecule has 124 valence electrons. The Labute approximate surface area is 141 Å². The molecule has 3 rings (SSSR count). The molecule has 0 bridgehead atoms. The van der Waals surface area contributed by atoms with Crippen LogP contribution in [0.5, 0.6) is 0 Å². The van der Waals surface area contributed by atoms with Crippen LogP contribution in [-0.2, 0) is 11.3 Å². The van der Waals surface area contributed by atoms with Crippen molar-refractivity contribution in [3.63, 3.8) is 0 Å². The molecule has 1 aliphatic rings. The molecule has 1 amide bonds. The van der Waals surface area contributed by atoms with Gasteiger partial charge in [-0.1, -0.05) is 32.1 Å². The number of carbonyl (C=O) groups is 1. The van der Waals surface area contributed by atoms with Crippen molar-refractivity contribution >= 4 is 17.2 Å². The van der Waals surface area contributed by atoms with Crippen LogP contribution in [-0.4, -0.2) is 10.9 Å². The molecule has 2 aromatic heterocycles. The number of nitrogens with zero attached hydrogens (tertiary/aromatic N) is 1. The van der Waals surface area contributed by atoms with Crippen molar-refractivity contribution < 1.29 is 9.21 Å². The van der Waals surface area contributed by atoms with Crippen LogP contribution >= 0.6 is 11.3 Å². The van der Waals surface area contributed by atoms with Gasteiger partial charge in [-0.3, -0.25) is 4.79 Å². The molecule has 0 aliphatic heterocycles. The largest absolute Gasteiger partial charge is 0.462 e. The average Bonchev–Trinajstić information content (AvgIpc) is 3.21. The van der Waals surface area contributed by atoms with Gasteiger partial charge in [-0.25, -0.2) is 4.98 Å². The maximum Gasteiger partial charge on any atom is 0.220 e. The van der Waals surface area contributed by atoms with Gasteiger partial charge in [0.1, 0.15) is 0 Å². The minimum atomic E-state index is 0.155. The molecule has 0 atom stereocenters. The number of aromatic nitrogens is 1. The first-order chi connectivity index (χ1) is 11.2. The van der Waals surface area contributed by atoms with E-state index in [9.17, 15) is 4.79 Å². The molecule has 1 saturated carbocycles. The summed E-state index contributed by atoms with van der Waals surface area (Å²) in [5.41, 5.74) is 0.967. The third kappa shape index (κ3) is 4.44. The number of hydrogen-bond donors (Lipinski definition) is 1. The molecule has 1 fully saturated rings. The molecular formula is C18H24N2O2S. The monoisotopic (exact) mass is 332 g/mol. The van der Waals surface area contributed by atoms with E-state index in [1.807, 2.05) is 19.1 Å². The molecular weight excluding hydrogens is 308 g/mol. The highest BCUT2D eigenvalue weighted by molar-refractivity contribution is 7.15. The van der Waals surface area contributed by atoms with E-state index in [0.717, 1.165) is 33.7 Å². The van der Waals surface area contributed by atoms with Crippen molar-refractivity contribution in [2.45, 2.75) is 58.4 Å². The number of aryl methyl sites for hydroxylation is 1. The fourth-order valence-electron chi connectivity index (χ4n) is 3.18. The van der Waals surface area contributed by atoms with Gasteiger partial charge in [0.05, 0.1) is 18.5 Å². The third-order valence-electron chi connectivity index (χ3n) is 4.58. The van der Waals surface area contributed by atoms with Gasteiger partial charge >= 0.3 is 0 Å². The van der Waals surface area contributed by atoms with E-state index in [1.54, 1.807) is 17.6 Å². The molecule has 5 heteroatoms. The third-order valence-corrected chi connectivity index (χ3v) is 5.75. The van der Waals surface area contributed by atoms with Crippen LogP contribution in [0, 0.1) is 12.8 Å². The lowest BCUT2D eigenvalue weighted by atomic mass is 9.86. The molecule has 2 heterocycles. The Hall–Kier alpha value is -1.62. The standard InChI is InChI=1S/C18H24N2O2S/c1-13-16(23-18(20-13)15-8-5-11-22-15)12-19-17(21)10-9-14-6-3-2-4-7-14/h5,8,11,14H,2-4,6-7,9-10,12H2,1H3,(H,19,21). The van der Waals surface area contributed by atoms with Crippen molar-refractivity contribution in [3.05, 3.63) is 29.0 Å². The Morgan fingerprint density at radius 1 is 1.39 bits per heavy atom. The van der Waals surface area contributed by atoms with Gasteiger partial charge in [0.15, 0.2) is 10.8 Å². The molecule has 0 aromatic carbocycles. The van der Waals surface area contributed by atoms with E-state index in [2.05, 4.69) is 10.3 Å². The Morgan fingerprint density at radius 3 is 2.96 bits per heavy atom. The van der Waals surface area contributed by atoms with E-state index in [0.29, 0.717) is 13.0 Å². The highest BCUT2D eigenvalue weighted by atomic mass is 32.1. The second kappa shape index (κ2) is 7.77. The highest BCUT2D eigenvalue weighted by Gasteiger charge is 2.16. The summed E-state index contributed by atoms with van der Waals surface area (Å²) in [7, 11) is 0. The van der Waals surface area contributed by atoms with Crippen LogP contribution < -0.4 is 5.32 Å². The number of carbonyl (C=O) groups excluding carboxylic acids is 1. The predicted octanol–water partition coefficient (Wildman–Crippen LogP) is 4.69. The summed E-state index contributed by atoms with van der Waals surface area (Å²) in [6, 6.07) is 3.77. The van der Waals surface area contributed by atoms with Crippen LogP contribution in [0.1, 0.15) is 55.5 Å². The first kappa shape index (κ1) is 16.2. The number of rotatable bonds is 6. The summed E-state index contributed by atoms with van der Waals surface area (Å²) in [6.07, 6.45) is 9.97. The summed E-state index contributed by atoms with van der Waals surface area (Å²) in [5, 5.41) is 3.91. The molecule has 2 aromatic rings. The lowest BCUT2D eigenvalue weighted by molar-refractivity contribution is -0.121. The van der Waals surface area contributed by atoms with E-state index < -0.39 is 0 Å². The number of nitrogens with one attached hydrogen (secondary N) is 1. The molecule has 23 heavy (non-hydrogen) atoms. The van der Waals surface area contributed by atoms with Gasteiger partial charge < -0.3 is 9.73 Å². The SMILES string of the molecule is Cc1nc(-c2ccco2)sc1CNC(=O)CCC1CCCCC1. The second-order valence-electron chi connectivity index (χ2n) is 6.32. The fraction of sp³-hybridized carbons (Fsp3) is 0.556. The molecule has 1 N–H and O–H groups in total. The molecule has 0 unspecified atom stereocenters. The zero-order valence-corrected chi connectivity index (χ0v) is 14.5. The molecule has 4 nitrogen and oxygen atoms in total. The number of thiazole rings is 1. The Kier molecular flexibility index (Phi) is 5.49. The first-order valence-corrected chi connectivity index (χ1v) is 9.31. The maximum atomic E-state index is 12.1. The van der Waals surface area contributed by atoms with Crippen LogP contribution in [0.4, 0.5) is 0 Å². The van der Waals surface area contributed by atoms with Crippen LogP contribution in [0.25, 0.3) is 10.8 Å². The van der Waals surface area contributed by atoms with Gasteiger partial charge in [0.25, 0.3) is 0 Å². The lowest BCUT2D eigenvalue weighted by Crippen LogP contribution is -2.23. The minimum absolute atomic E-state index is 0.155. The predicted molar refractivity (Wildman–Crippen MR) is 92.2 cm³/mol. The molecule has 0 saturated heterocycles. The first-order valence-electron chi connectivity index (χ1n) is 8.49. The van der Waals surface area contributed by atoms with Crippen molar-refractivity contribution in [1.29, 1.82) is 0 Å². The Morgan fingerprint density at radius 2 is 2.22 bits per heavy atom. The summed E-state index contributed by atoms with van der Waals surface area (Å²) < 4.78 is 5.38. The van der Waals surface area contributed by atoms with Crippen molar-refractivity contribution in [3.8, 4) is 10.8 Å². The van der Waals surface area contributed by atoms with E-state index in [4.69, 9.17) is 4.42 Å². The van der Waals surface area contributed by atoms with E-state index in [1.165, 1.54) is 32.1 Å². The Bertz CT molecular complexity index is 627. The molecule has 1 aliphatic carbocycles. The topological polar surface area (TPSA) is 55.1 Å². The quantitative estimate of drug-likeness (QED) is 0.835. The zero-order chi connectivity index (χ0) is 16.1. The smallest absolute Gasteiger partial charge is 0.220 e. The summed E-state index contributed by atoms with van der Waals surface area (Å²) in [5.74, 6) is 1.70. The van der Waals surface area contributed by atoms with Gasteiger partial charge in [-0.2, -0.15) is 0 Å². The summed E-state index contributed by atoms with van der Waals surface area (Å²) in [4.78, 5) is 17.7. The molecule has 0 radical (unpaired) electrons. The minimum Gasteiger partial charge on any atom is -0.462 e.